The highest BCUT2D eigenvalue weighted by Gasteiger charge is 2.29. The Hall–Kier alpha value is -3.00. The van der Waals surface area contributed by atoms with Gasteiger partial charge in [-0.15, -0.1) is 0 Å². The fourth-order valence-electron chi connectivity index (χ4n) is 5.07. The summed E-state index contributed by atoms with van der Waals surface area (Å²) in [5, 5.41) is 8.86. The van der Waals surface area contributed by atoms with Crippen molar-refractivity contribution in [2.24, 2.45) is 0 Å². The summed E-state index contributed by atoms with van der Waals surface area (Å²) in [6.45, 7) is 5.52. The molecule has 0 aromatic heterocycles. The molecule has 0 unspecified atom stereocenters. The van der Waals surface area contributed by atoms with Gasteiger partial charge >= 0.3 is 6.18 Å². The van der Waals surface area contributed by atoms with E-state index in [1.54, 1.807) is 11.0 Å². The Kier molecular flexibility index (Phi) is 10.6. The van der Waals surface area contributed by atoms with Crippen LogP contribution < -0.4 is 20.9 Å². The van der Waals surface area contributed by atoms with Gasteiger partial charge in [-0.3, -0.25) is 19.4 Å². The first-order valence-electron chi connectivity index (χ1n) is 13.7. The third-order valence-electron chi connectivity index (χ3n) is 7.34. The lowest BCUT2D eigenvalue weighted by Crippen LogP contribution is -2.51. The van der Waals surface area contributed by atoms with Gasteiger partial charge in [-0.25, -0.2) is 8.78 Å². The van der Waals surface area contributed by atoms with Gasteiger partial charge in [0.1, 0.15) is 0 Å². The third kappa shape index (κ3) is 8.76. The van der Waals surface area contributed by atoms with E-state index in [0.717, 1.165) is 12.6 Å². The number of halogens is 6. The molecule has 2 aliphatic heterocycles. The summed E-state index contributed by atoms with van der Waals surface area (Å²) in [6, 6.07) is 7.33. The SMILES string of the molecule is C[C@H]1CN(CC(=O)NCc2ccc(C(=O)Nc3ccc(Cl)cc3N3CCN(CCC(F)(F)F)CC3)c(F)c2F)CCN1. The zero-order valence-electron chi connectivity index (χ0n) is 23.2. The van der Waals surface area contributed by atoms with Gasteiger partial charge in [-0.05, 0) is 31.2 Å². The molecular formula is C28H34ClF5N6O2. The summed E-state index contributed by atoms with van der Waals surface area (Å²) >= 11 is 6.17. The van der Waals surface area contributed by atoms with E-state index in [4.69, 9.17) is 11.6 Å². The summed E-state index contributed by atoms with van der Waals surface area (Å²) in [5.41, 5.74) is 0.203. The molecule has 0 radical (unpaired) electrons. The second-order valence-electron chi connectivity index (χ2n) is 10.6. The van der Waals surface area contributed by atoms with Crippen LogP contribution in [0.4, 0.5) is 33.3 Å². The topological polar surface area (TPSA) is 80.0 Å². The molecule has 0 aliphatic carbocycles. The van der Waals surface area contributed by atoms with Crippen LogP contribution in [0.3, 0.4) is 0 Å². The number of alkyl halides is 3. The van der Waals surface area contributed by atoms with Gasteiger partial charge in [0.15, 0.2) is 11.6 Å². The predicted molar refractivity (Wildman–Crippen MR) is 151 cm³/mol. The molecule has 2 amide bonds. The summed E-state index contributed by atoms with van der Waals surface area (Å²) in [5.74, 6) is -3.78. The van der Waals surface area contributed by atoms with Crippen LogP contribution in [0.25, 0.3) is 0 Å². The van der Waals surface area contributed by atoms with E-state index in [1.807, 2.05) is 16.7 Å². The minimum atomic E-state index is -4.23. The van der Waals surface area contributed by atoms with Gasteiger partial charge < -0.3 is 20.9 Å². The molecule has 3 N–H and O–H groups in total. The molecule has 1 atom stereocenters. The van der Waals surface area contributed by atoms with Crippen LogP contribution >= 0.6 is 11.6 Å². The zero-order valence-corrected chi connectivity index (χ0v) is 23.9. The van der Waals surface area contributed by atoms with E-state index in [9.17, 15) is 31.5 Å². The number of anilines is 2. The van der Waals surface area contributed by atoms with Crippen molar-refractivity contribution in [3.8, 4) is 0 Å². The average molecular weight is 617 g/mol. The fourth-order valence-corrected chi connectivity index (χ4v) is 5.24. The summed E-state index contributed by atoms with van der Waals surface area (Å²) in [6.07, 6.45) is -5.12. The second kappa shape index (κ2) is 14.0. The molecular weight excluding hydrogens is 583 g/mol. The maximum Gasteiger partial charge on any atom is 0.390 e. The fraction of sp³-hybridized carbons (Fsp3) is 0.500. The van der Waals surface area contributed by atoms with Crippen LogP contribution in [-0.4, -0.2) is 92.7 Å². The summed E-state index contributed by atoms with van der Waals surface area (Å²) in [7, 11) is 0. The smallest absolute Gasteiger partial charge is 0.367 e. The molecule has 4 rings (SSSR count). The standard InChI is InChI=1S/C28H34ClF5N6O2/c1-18-16-39(9-7-35-18)17-24(41)36-15-19-2-4-21(26(31)25(19)30)27(42)37-22-5-3-20(29)14-23(22)40-12-10-38(11-13-40)8-6-28(32,33)34/h2-5,14,18,35H,6-13,15-17H2,1H3,(H,36,41)(H,37,42)/t18-/m0/s1. The number of benzene rings is 2. The normalized spacial score (nSPS) is 18.6. The van der Waals surface area contributed by atoms with Crippen LogP contribution in [0, 0.1) is 11.6 Å². The van der Waals surface area contributed by atoms with Crippen molar-refractivity contribution >= 4 is 34.8 Å². The van der Waals surface area contributed by atoms with Gasteiger partial charge in [0.2, 0.25) is 5.91 Å². The largest absolute Gasteiger partial charge is 0.390 e. The molecule has 2 heterocycles. The lowest BCUT2D eigenvalue weighted by atomic mass is 10.1. The van der Waals surface area contributed by atoms with Gasteiger partial charge in [-0.1, -0.05) is 17.7 Å². The quantitative estimate of drug-likeness (QED) is 0.372. The highest BCUT2D eigenvalue weighted by molar-refractivity contribution is 6.31. The van der Waals surface area contributed by atoms with Crippen molar-refractivity contribution in [3.05, 3.63) is 58.1 Å². The molecule has 14 heteroatoms. The van der Waals surface area contributed by atoms with Crippen LogP contribution in [0.5, 0.6) is 0 Å². The minimum absolute atomic E-state index is 0.0957. The first-order valence-corrected chi connectivity index (χ1v) is 14.1. The van der Waals surface area contributed by atoms with E-state index in [0.29, 0.717) is 55.7 Å². The number of hydrogen-bond acceptors (Lipinski definition) is 6. The maximum atomic E-state index is 15.0. The van der Waals surface area contributed by atoms with E-state index < -0.39 is 35.7 Å². The number of carbonyl (C=O) groups excluding carboxylic acids is 2. The Morgan fingerprint density at radius 3 is 2.45 bits per heavy atom. The molecule has 0 saturated carbocycles. The molecule has 42 heavy (non-hydrogen) atoms. The van der Waals surface area contributed by atoms with Gasteiger partial charge in [0, 0.05) is 75.5 Å². The number of hydrogen-bond donors (Lipinski definition) is 3. The van der Waals surface area contributed by atoms with Crippen molar-refractivity contribution in [2.75, 3.05) is 69.1 Å². The minimum Gasteiger partial charge on any atom is -0.367 e. The second-order valence-corrected chi connectivity index (χ2v) is 11.0. The number of piperazine rings is 2. The third-order valence-corrected chi connectivity index (χ3v) is 7.57. The molecule has 2 fully saturated rings. The van der Waals surface area contributed by atoms with Crippen LogP contribution in [-0.2, 0) is 11.3 Å². The van der Waals surface area contributed by atoms with Crippen molar-refractivity contribution in [1.29, 1.82) is 0 Å². The lowest BCUT2D eigenvalue weighted by molar-refractivity contribution is -0.138. The predicted octanol–water partition coefficient (Wildman–Crippen LogP) is 3.85. The Labute approximate surface area is 246 Å². The number of amides is 2. The van der Waals surface area contributed by atoms with Crippen molar-refractivity contribution in [1.82, 2.24) is 20.4 Å². The summed E-state index contributed by atoms with van der Waals surface area (Å²) < 4.78 is 67.6. The monoisotopic (exact) mass is 616 g/mol. The first-order chi connectivity index (χ1) is 19.9. The van der Waals surface area contributed by atoms with Gasteiger partial charge in [0.25, 0.3) is 5.91 Å². The maximum absolute atomic E-state index is 15.0. The number of nitrogens with zero attached hydrogens (tertiary/aromatic N) is 3. The van der Waals surface area contributed by atoms with E-state index in [2.05, 4.69) is 16.0 Å². The molecule has 230 valence electrons. The zero-order chi connectivity index (χ0) is 30.4. The van der Waals surface area contributed by atoms with E-state index in [1.165, 1.54) is 18.2 Å². The molecule has 0 bridgehead atoms. The Bertz CT molecular complexity index is 1270. The van der Waals surface area contributed by atoms with E-state index in [-0.39, 0.29) is 37.1 Å². The Morgan fingerprint density at radius 1 is 1.02 bits per heavy atom. The molecule has 2 aromatic rings. The highest BCUT2D eigenvalue weighted by Crippen LogP contribution is 2.31. The molecule has 2 saturated heterocycles. The molecule has 8 nitrogen and oxygen atoms in total. The van der Waals surface area contributed by atoms with Crippen molar-refractivity contribution in [2.45, 2.75) is 32.1 Å². The van der Waals surface area contributed by atoms with Gasteiger partial charge in [0.05, 0.1) is 29.9 Å². The Morgan fingerprint density at radius 2 is 1.76 bits per heavy atom. The van der Waals surface area contributed by atoms with Crippen LogP contribution in [0.15, 0.2) is 30.3 Å². The number of rotatable bonds is 9. The lowest BCUT2D eigenvalue weighted by Gasteiger charge is -2.37. The average Bonchev–Trinajstić information content (AvgIpc) is 2.93. The van der Waals surface area contributed by atoms with E-state index >= 15 is 0 Å². The van der Waals surface area contributed by atoms with Crippen molar-refractivity contribution < 1.29 is 31.5 Å². The number of carbonyl (C=O) groups is 2. The first kappa shape index (κ1) is 31.9. The molecule has 2 aromatic carbocycles. The number of nitrogens with one attached hydrogen (secondary N) is 3. The van der Waals surface area contributed by atoms with Crippen LogP contribution in [0.2, 0.25) is 5.02 Å². The Balaban J connectivity index is 1.37. The molecule has 0 spiro atoms. The van der Waals surface area contributed by atoms with Gasteiger partial charge in [-0.2, -0.15) is 13.2 Å². The van der Waals surface area contributed by atoms with Crippen LogP contribution in [0.1, 0.15) is 29.3 Å². The summed E-state index contributed by atoms with van der Waals surface area (Å²) in [4.78, 5) is 30.9. The highest BCUT2D eigenvalue weighted by atomic mass is 35.5. The molecule has 2 aliphatic rings. The van der Waals surface area contributed by atoms with Crippen molar-refractivity contribution in [3.63, 3.8) is 0 Å².